The number of carbonyl (C=O) groups excluding carboxylic acids is 1. The largest absolute Gasteiger partial charge is 1.00 e. The summed E-state index contributed by atoms with van der Waals surface area (Å²) in [5.74, 6) is -1.48. The average Bonchev–Trinajstić information content (AvgIpc) is 2.29. The van der Waals surface area contributed by atoms with Gasteiger partial charge in [-0.25, -0.2) is 4.57 Å². The highest BCUT2D eigenvalue weighted by Crippen LogP contribution is 1.96. The number of hydrogen-bond acceptors (Lipinski definition) is 3. The molecule has 0 radical (unpaired) electrons. The van der Waals surface area contributed by atoms with E-state index in [1.165, 1.54) is 0 Å². The maximum Gasteiger partial charge on any atom is 0.320 e. The molecule has 0 saturated carbocycles. The van der Waals surface area contributed by atoms with Crippen molar-refractivity contribution in [3.05, 3.63) is 30.1 Å². The molecule has 0 saturated heterocycles. The molecule has 0 spiro atoms. The molecule has 0 aliphatic carbocycles. The lowest BCUT2D eigenvalue weighted by atomic mass is 10.1. The minimum atomic E-state index is -0.999. The van der Waals surface area contributed by atoms with Crippen LogP contribution in [0.5, 0.6) is 0 Å². The van der Waals surface area contributed by atoms with Crippen LogP contribution < -0.4 is 33.0 Å². The van der Waals surface area contributed by atoms with Crippen LogP contribution in [-0.4, -0.2) is 23.0 Å². The first kappa shape index (κ1) is 16.5. The van der Waals surface area contributed by atoms with Crippen molar-refractivity contribution in [2.24, 2.45) is 11.5 Å². The van der Waals surface area contributed by atoms with E-state index >= 15 is 0 Å². The van der Waals surface area contributed by atoms with E-state index < -0.39 is 17.9 Å². The number of aromatic nitrogens is 1. The van der Waals surface area contributed by atoms with Crippen molar-refractivity contribution in [3.8, 4) is 0 Å². The molecule has 1 heterocycles. The molecule has 0 aliphatic heterocycles. The molecule has 5 N–H and O–H groups in total. The summed E-state index contributed by atoms with van der Waals surface area (Å²) < 4.78 is 1.79. The van der Waals surface area contributed by atoms with Gasteiger partial charge in [0.2, 0.25) is 0 Å². The first-order valence-electron chi connectivity index (χ1n) is 5.28. The van der Waals surface area contributed by atoms with Crippen LogP contribution in [0.2, 0.25) is 0 Å². The Labute approximate surface area is 115 Å². The summed E-state index contributed by atoms with van der Waals surface area (Å²) in [4.78, 5) is 21.4. The number of aryl methyl sites for hydroxylation is 1. The van der Waals surface area contributed by atoms with Gasteiger partial charge in [-0.15, -0.1) is 0 Å². The summed E-state index contributed by atoms with van der Waals surface area (Å²) in [7, 11) is 0. The Balaban J connectivity index is 0.00000289. The van der Waals surface area contributed by atoms with Gasteiger partial charge in [-0.1, -0.05) is 0 Å². The Kier molecular flexibility index (Phi) is 7.14. The van der Waals surface area contributed by atoms with Crippen LogP contribution in [0, 0.1) is 0 Å². The SMILES string of the molecule is NC(=O)c1ccc[n+](CCC[C@H](N)C(=O)O)c1.[Br-]. The van der Waals surface area contributed by atoms with Crippen molar-refractivity contribution < 1.29 is 36.2 Å². The summed E-state index contributed by atoms with van der Waals surface area (Å²) in [6.45, 7) is 0.599. The Morgan fingerprint density at radius 3 is 2.67 bits per heavy atom. The molecule has 7 heteroatoms. The third-order valence-corrected chi connectivity index (χ3v) is 2.39. The van der Waals surface area contributed by atoms with Crippen LogP contribution in [0.1, 0.15) is 23.2 Å². The predicted octanol–water partition coefficient (Wildman–Crippen LogP) is -3.73. The summed E-state index contributed by atoms with van der Waals surface area (Å²) in [5, 5.41) is 8.60. The molecule has 1 amide bonds. The number of nitrogens with two attached hydrogens (primary N) is 2. The van der Waals surface area contributed by atoms with Crippen LogP contribution in [0.15, 0.2) is 24.5 Å². The lowest BCUT2D eigenvalue weighted by Crippen LogP contribution is -3.00. The van der Waals surface area contributed by atoms with Gasteiger partial charge in [-0.05, 0) is 12.5 Å². The molecule has 100 valence electrons. The fourth-order valence-corrected chi connectivity index (χ4v) is 1.42. The number of pyridine rings is 1. The summed E-state index contributed by atoms with van der Waals surface area (Å²) >= 11 is 0. The normalized spacial score (nSPS) is 11.4. The fraction of sp³-hybridized carbons (Fsp3) is 0.364. The van der Waals surface area contributed by atoms with E-state index in [1.807, 2.05) is 0 Å². The zero-order chi connectivity index (χ0) is 12.8. The van der Waals surface area contributed by atoms with E-state index in [4.69, 9.17) is 16.6 Å². The van der Waals surface area contributed by atoms with Crippen molar-refractivity contribution in [1.29, 1.82) is 0 Å². The first-order chi connectivity index (χ1) is 8.00. The van der Waals surface area contributed by atoms with E-state index in [2.05, 4.69) is 0 Å². The fourth-order valence-electron chi connectivity index (χ4n) is 1.42. The first-order valence-corrected chi connectivity index (χ1v) is 5.28. The quantitative estimate of drug-likeness (QED) is 0.468. The van der Waals surface area contributed by atoms with E-state index in [-0.39, 0.29) is 17.0 Å². The third-order valence-electron chi connectivity index (χ3n) is 2.39. The molecule has 0 bridgehead atoms. The zero-order valence-electron chi connectivity index (χ0n) is 9.75. The second-order valence-corrected chi connectivity index (χ2v) is 3.78. The average molecular weight is 318 g/mol. The highest BCUT2D eigenvalue weighted by Gasteiger charge is 2.12. The summed E-state index contributed by atoms with van der Waals surface area (Å²) in [6.07, 6.45) is 4.44. The molecule has 0 aromatic carbocycles. The van der Waals surface area contributed by atoms with Crippen molar-refractivity contribution in [1.82, 2.24) is 0 Å². The number of rotatable bonds is 6. The Hall–Kier alpha value is -1.47. The summed E-state index contributed by atoms with van der Waals surface area (Å²) in [6, 6.07) is 2.51. The maximum atomic E-state index is 10.9. The monoisotopic (exact) mass is 317 g/mol. The van der Waals surface area contributed by atoms with Gasteiger partial charge < -0.3 is 33.6 Å². The lowest BCUT2D eigenvalue weighted by molar-refractivity contribution is -0.697. The Morgan fingerprint density at radius 1 is 1.44 bits per heavy atom. The number of carboxylic acids is 1. The van der Waals surface area contributed by atoms with Gasteiger partial charge >= 0.3 is 5.97 Å². The highest BCUT2D eigenvalue weighted by atomic mass is 79.9. The molecule has 18 heavy (non-hydrogen) atoms. The molecule has 0 fully saturated rings. The van der Waals surface area contributed by atoms with Crippen LogP contribution >= 0.6 is 0 Å². The van der Waals surface area contributed by atoms with Crippen molar-refractivity contribution in [3.63, 3.8) is 0 Å². The van der Waals surface area contributed by atoms with Gasteiger partial charge in [-0.3, -0.25) is 9.59 Å². The Bertz CT molecular complexity index is 426. The van der Waals surface area contributed by atoms with Gasteiger partial charge in [0.15, 0.2) is 12.4 Å². The van der Waals surface area contributed by atoms with Gasteiger partial charge in [0.1, 0.15) is 18.2 Å². The van der Waals surface area contributed by atoms with Gasteiger partial charge in [-0.2, -0.15) is 0 Å². The second-order valence-electron chi connectivity index (χ2n) is 3.78. The van der Waals surface area contributed by atoms with E-state index in [0.717, 1.165) is 0 Å². The van der Waals surface area contributed by atoms with E-state index in [0.29, 0.717) is 24.9 Å². The van der Waals surface area contributed by atoms with Crippen LogP contribution in [0.25, 0.3) is 0 Å². The number of hydrogen-bond donors (Lipinski definition) is 3. The zero-order valence-corrected chi connectivity index (χ0v) is 11.3. The number of carboxylic acid groups (broad SMARTS) is 1. The molecule has 1 aromatic rings. The number of amides is 1. The highest BCUT2D eigenvalue weighted by molar-refractivity contribution is 5.92. The molecule has 1 rings (SSSR count). The molecule has 0 aliphatic rings. The molecular formula is C11H16BrN3O3. The van der Waals surface area contributed by atoms with Crippen molar-refractivity contribution in [2.45, 2.75) is 25.4 Å². The topological polar surface area (TPSA) is 110 Å². The van der Waals surface area contributed by atoms with E-state index in [9.17, 15) is 9.59 Å². The minimum absolute atomic E-state index is 0. The van der Waals surface area contributed by atoms with Crippen molar-refractivity contribution in [2.75, 3.05) is 0 Å². The molecule has 6 nitrogen and oxygen atoms in total. The maximum absolute atomic E-state index is 10.9. The second kappa shape index (κ2) is 7.78. The number of halogens is 1. The molecule has 1 atom stereocenters. The third kappa shape index (κ3) is 5.24. The Morgan fingerprint density at radius 2 is 2.11 bits per heavy atom. The minimum Gasteiger partial charge on any atom is -1.00 e. The number of nitrogens with zero attached hydrogens (tertiary/aromatic N) is 1. The van der Waals surface area contributed by atoms with Gasteiger partial charge in [0, 0.05) is 12.5 Å². The number of aliphatic carboxylic acids is 1. The lowest BCUT2D eigenvalue weighted by Gasteiger charge is -2.03. The van der Waals surface area contributed by atoms with Gasteiger partial charge in [0.25, 0.3) is 5.91 Å². The standard InChI is InChI=1S/C11H15N3O3.BrH/c12-9(11(16)17)4-2-6-14-5-1-3-8(7-14)10(13)15;/h1,3,5,7,9H,2,4,6,12H2,(H2-,13,15,16,17);1H/t9-;/m0./s1. The number of primary amides is 1. The number of carbonyl (C=O) groups is 2. The smallest absolute Gasteiger partial charge is 0.320 e. The molecular weight excluding hydrogens is 302 g/mol. The van der Waals surface area contributed by atoms with Crippen LogP contribution in [0.3, 0.4) is 0 Å². The van der Waals surface area contributed by atoms with Gasteiger partial charge in [0.05, 0.1) is 0 Å². The summed E-state index contributed by atoms with van der Waals surface area (Å²) in [5.41, 5.74) is 11.0. The van der Waals surface area contributed by atoms with Crippen molar-refractivity contribution >= 4 is 11.9 Å². The van der Waals surface area contributed by atoms with Crippen LogP contribution in [0.4, 0.5) is 0 Å². The molecule has 0 unspecified atom stereocenters. The molecule has 1 aromatic heterocycles. The van der Waals surface area contributed by atoms with E-state index in [1.54, 1.807) is 29.1 Å². The van der Waals surface area contributed by atoms with Crippen LogP contribution in [-0.2, 0) is 11.3 Å². The predicted molar refractivity (Wildman–Crippen MR) is 60.0 cm³/mol.